The molecule has 134 valence electrons. The van der Waals surface area contributed by atoms with E-state index in [9.17, 15) is 13.2 Å². The smallest absolute Gasteiger partial charge is 0.265 e. The van der Waals surface area contributed by atoms with E-state index in [4.69, 9.17) is 0 Å². The molecule has 0 atom stereocenters. The Morgan fingerprint density at radius 3 is 2.60 bits per heavy atom. The van der Waals surface area contributed by atoms with Gasteiger partial charge in [-0.15, -0.1) is 0 Å². The summed E-state index contributed by atoms with van der Waals surface area (Å²) in [4.78, 5) is 11.3. The molecule has 2 N–H and O–H groups in total. The van der Waals surface area contributed by atoms with E-state index < -0.39 is 10.0 Å². The number of nitrogens with one attached hydrogen (secondary N) is 2. The van der Waals surface area contributed by atoms with Gasteiger partial charge in [0.05, 0.1) is 17.4 Å². The van der Waals surface area contributed by atoms with Crippen molar-refractivity contribution in [3.05, 3.63) is 36.2 Å². The van der Waals surface area contributed by atoms with E-state index in [2.05, 4.69) is 15.1 Å². The van der Waals surface area contributed by atoms with Gasteiger partial charge >= 0.3 is 0 Å². The minimum absolute atomic E-state index is 0.185. The number of carbonyl (C=O) groups excluding carboxylic acids is 1. The average molecular weight is 362 g/mol. The second-order valence-corrected chi connectivity index (χ2v) is 8.02. The minimum Gasteiger partial charge on any atom is -0.326 e. The number of hydrogen-bond acceptors (Lipinski definition) is 4. The van der Waals surface area contributed by atoms with Crippen LogP contribution in [0.5, 0.6) is 0 Å². The summed E-state index contributed by atoms with van der Waals surface area (Å²) in [5.41, 5.74) is 1.41. The molecule has 0 radical (unpaired) electrons. The predicted octanol–water partition coefficient (Wildman–Crippen LogP) is 3.07. The molecule has 1 aromatic heterocycles. The van der Waals surface area contributed by atoms with Crippen LogP contribution >= 0.6 is 0 Å². The molecule has 0 aliphatic heterocycles. The molecule has 0 saturated heterocycles. The second kappa shape index (κ2) is 6.87. The minimum atomic E-state index is -3.74. The molecule has 0 unspecified atom stereocenters. The van der Waals surface area contributed by atoms with Gasteiger partial charge in [0.15, 0.2) is 0 Å². The fourth-order valence-electron chi connectivity index (χ4n) is 3.16. The molecule has 8 heteroatoms. The summed E-state index contributed by atoms with van der Waals surface area (Å²) in [5, 5.41) is 7.03. The van der Waals surface area contributed by atoms with E-state index in [1.807, 2.05) is 0 Å². The fraction of sp³-hybridized carbons (Fsp3) is 0.412. The van der Waals surface area contributed by atoms with E-state index in [-0.39, 0.29) is 16.8 Å². The Morgan fingerprint density at radius 1 is 1.24 bits per heavy atom. The van der Waals surface area contributed by atoms with Crippen molar-refractivity contribution in [2.24, 2.45) is 0 Å². The number of benzene rings is 1. The zero-order valence-electron chi connectivity index (χ0n) is 14.3. The third-order valence-corrected chi connectivity index (χ3v) is 5.78. The Labute approximate surface area is 147 Å². The van der Waals surface area contributed by atoms with Crippen molar-refractivity contribution in [1.29, 1.82) is 0 Å². The largest absolute Gasteiger partial charge is 0.326 e. The third kappa shape index (κ3) is 4.01. The first-order valence-corrected chi connectivity index (χ1v) is 9.80. The molecule has 3 rings (SSSR count). The first-order valence-electron chi connectivity index (χ1n) is 8.31. The molecule has 1 saturated carbocycles. The maximum absolute atomic E-state index is 12.7. The summed E-state index contributed by atoms with van der Waals surface area (Å²) in [6.07, 6.45) is 5.99. The van der Waals surface area contributed by atoms with Crippen molar-refractivity contribution < 1.29 is 13.2 Å². The molecule has 2 aromatic rings. The normalized spacial score (nSPS) is 15.3. The molecule has 1 fully saturated rings. The van der Waals surface area contributed by atoms with Gasteiger partial charge in [-0.1, -0.05) is 18.9 Å². The van der Waals surface area contributed by atoms with Gasteiger partial charge in [-0.2, -0.15) is 5.10 Å². The highest BCUT2D eigenvalue weighted by atomic mass is 32.2. The van der Waals surface area contributed by atoms with Crippen LogP contribution in [0, 0.1) is 6.92 Å². The topological polar surface area (TPSA) is 93.1 Å². The maximum atomic E-state index is 12.7. The van der Waals surface area contributed by atoms with Crippen LogP contribution < -0.4 is 10.0 Å². The average Bonchev–Trinajstić information content (AvgIpc) is 3.15. The maximum Gasteiger partial charge on any atom is 0.265 e. The molecular weight excluding hydrogens is 340 g/mol. The lowest BCUT2D eigenvalue weighted by Gasteiger charge is -2.10. The number of aryl methyl sites for hydroxylation is 1. The summed E-state index contributed by atoms with van der Waals surface area (Å²) in [7, 11) is -3.74. The number of anilines is 2. The molecule has 1 aliphatic rings. The first kappa shape index (κ1) is 17.5. The Hall–Kier alpha value is -2.35. The van der Waals surface area contributed by atoms with E-state index in [0.717, 1.165) is 25.7 Å². The Balaban J connectivity index is 1.83. The molecule has 0 bridgehead atoms. The van der Waals surface area contributed by atoms with Gasteiger partial charge in [0, 0.05) is 18.8 Å². The van der Waals surface area contributed by atoms with Crippen LogP contribution in [0.1, 0.15) is 44.3 Å². The Kier molecular flexibility index (Phi) is 4.80. The van der Waals surface area contributed by atoms with Gasteiger partial charge in [0.2, 0.25) is 5.91 Å². The molecule has 0 spiro atoms. The number of carbonyl (C=O) groups is 1. The van der Waals surface area contributed by atoms with Crippen molar-refractivity contribution in [3.63, 3.8) is 0 Å². The summed E-state index contributed by atoms with van der Waals surface area (Å²) >= 11 is 0. The van der Waals surface area contributed by atoms with Crippen molar-refractivity contribution in [2.75, 3.05) is 10.0 Å². The lowest BCUT2D eigenvalue weighted by molar-refractivity contribution is -0.114. The van der Waals surface area contributed by atoms with Gasteiger partial charge < -0.3 is 5.32 Å². The highest BCUT2D eigenvalue weighted by Crippen LogP contribution is 2.30. The number of amides is 1. The standard InChI is InChI=1S/C17H22N4O3S/c1-12-17(11-21(19-12)16-8-3-4-9-16)25(23,24)20-15-7-5-6-14(10-15)18-13(2)22/h5-7,10-11,16,20H,3-4,8-9H2,1-2H3,(H,18,22). The van der Waals surface area contributed by atoms with Crippen molar-refractivity contribution >= 4 is 27.3 Å². The lowest BCUT2D eigenvalue weighted by Crippen LogP contribution is -2.14. The monoisotopic (exact) mass is 362 g/mol. The van der Waals surface area contributed by atoms with E-state index in [1.54, 1.807) is 42.1 Å². The summed E-state index contributed by atoms with van der Waals surface area (Å²) < 4.78 is 29.8. The number of nitrogens with zero attached hydrogens (tertiary/aromatic N) is 2. The van der Waals surface area contributed by atoms with Crippen molar-refractivity contribution in [2.45, 2.75) is 50.5 Å². The van der Waals surface area contributed by atoms with Crippen molar-refractivity contribution in [3.8, 4) is 0 Å². The summed E-state index contributed by atoms with van der Waals surface area (Å²) in [6, 6.07) is 6.88. The van der Waals surface area contributed by atoms with Gasteiger partial charge in [-0.3, -0.25) is 14.2 Å². The first-order chi connectivity index (χ1) is 11.8. The van der Waals surface area contributed by atoms with Gasteiger partial charge in [0.25, 0.3) is 10.0 Å². The second-order valence-electron chi connectivity index (χ2n) is 6.36. The van der Waals surface area contributed by atoms with E-state index in [0.29, 0.717) is 17.1 Å². The lowest BCUT2D eigenvalue weighted by atomic mass is 10.3. The van der Waals surface area contributed by atoms with Crippen LogP contribution in [-0.2, 0) is 14.8 Å². The summed E-state index contributed by atoms with van der Waals surface area (Å²) in [6.45, 7) is 3.10. The quantitative estimate of drug-likeness (QED) is 0.855. The molecule has 1 heterocycles. The third-order valence-electron chi connectivity index (χ3n) is 4.30. The summed E-state index contributed by atoms with van der Waals surface area (Å²) in [5.74, 6) is -0.214. The van der Waals surface area contributed by atoms with E-state index in [1.165, 1.54) is 6.92 Å². The SMILES string of the molecule is CC(=O)Nc1cccc(NS(=O)(=O)c2cn(C3CCCC3)nc2C)c1. The zero-order valence-corrected chi connectivity index (χ0v) is 15.1. The number of rotatable bonds is 5. The zero-order chi connectivity index (χ0) is 18.0. The molecule has 1 aromatic carbocycles. The molecule has 25 heavy (non-hydrogen) atoms. The molecule has 7 nitrogen and oxygen atoms in total. The van der Waals surface area contributed by atoms with Crippen LogP contribution in [0.4, 0.5) is 11.4 Å². The van der Waals surface area contributed by atoms with Crippen LogP contribution in [0.15, 0.2) is 35.4 Å². The van der Waals surface area contributed by atoms with Crippen LogP contribution in [0.3, 0.4) is 0 Å². The van der Waals surface area contributed by atoms with Crippen LogP contribution in [0.2, 0.25) is 0 Å². The van der Waals surface area contributed by atoms with Gasteiger partial charge in [0.1, 0.15) is 4.90 Å². The van der Waals surface area contributed by atoms with Crippen LogP contribution in [-0.4, -0.2) is 24.1 Å². The number of sulfonamides is 1. The number of hydrogen-bond donors (Lipinski definition) is 2. The van der Waals surface area contributed by atoms with Gasteiger partial charge in [-0.05, 0) is 38.0 Å². The Bertz CT molecular complexity index is 883. The van der Waals surface area contributed by atoms with Crippen molar-refractivity contribution in [1.82, 2.24) is 9.78 Å². The highest BCUT2D eigenvalue weighted by Gasteiger charge is 2.24. The van der Waals surface area contributed by atoms with Crippen LogP contribution in [0.25, 0.3) is 0 Å². The molecule has 1 aliphatic carbocycles. The Morgan fingerprint density at radius 2 is 1.92 bits per heavy atom. The predicted molar refractivity (Wildman–Crippen MR) is 96.0 cm³/mol. The van der Waals surface area contributed by atoms with Gasteiger partial charge in [-0.25, -0.2) is 8.42 Å². The molecule has 1 amide bonds. The molecular formula is C17H22N4O3S. The van der Waals surface area contributed by atoms with E-state index >= 15 is 0 Å². The fourth-order valence-corrected chi connectivity index (χ4v) is 4.38. The number of aromatic nitrogens is 2. The highest BCUT2D eigenvalue weighted by molar-refractivity contribution is 7.92.